The van der Waals surface area contributed by atoms with Crippen LogP contribution < -0.4 is 10.6 Å². The molecule has 1 aliphatic heterocycles. The lowest BCUT2D eigenvalue weighted by Crippen LogP contribution is -2.43. The molecule has 2 unspecified atom stereocenters. The molecule has 0 saturated carbocycles. The van der Waals surface area contributed by atoms with Crippen molar-refractivity contribution in [2.24, 2.45) is 0 Å². The third kappa shape index (κ3) is 4.73. The molecule has 14 heteroatoms. The Hall–Kier alpha value is -3.13. The number of thiol groups is 1. The van der Waals surface area contributed by atoms with Gasteiger partial charge in [-0.25, -0.2) is 0 Å². The normalized spacial score (nSPS) is 18.3. The van der Waals surface area contributed by atoms with Crippen LogP contribution in [0.25, 0.3) is 0 Å². The van der Waals surface area contributed by atoms with Gasteiger partial charge < -0.3 is 5.32 Å². The van der Waals surface area contributed by atoms with Crippen molar-refractivity contribution in [2.45, 2.75) is 28.7 Å². The van der Waals surface area contributed by atoms with Gasteiger partial charge in [0.25, 0.3) is 5.91 Å². The second-order valence-corrected chi connectivity index (χ2v) is 8.94. The van der Waals surface area contributed by atoms with E-state index in [0.717, 1.165) is 11.3 Å². The van der Waals surface area contributed by atoms with Gasteiger partial charge in [0.2, 0.25) is 11.0 Å². The zero-order valence-corrected chi connectivity index (χ0v) is 18.2. The zero-order valence-electron chi connectivity index (χ0n) is 16.5. The van der Waals surface area contributed by atoms with E-state index in [0.29, 0.717) is 12.1 Å². The summed E-state index contributed by atoms with van der Waals surface area (Å²) >= 11 is 4.88. The molecule has 0 fully saturated rings. The fourth-order valence-electron chi connectivity index (χ4n) is 3.63. The summed E-state index contributed by atoms with van der Waals surface area (Å²) in [6.45, 7) is 0. The second-order valence-electron chi connectivity index (χ2n) is 7.23. The molecule has 2 N–H and O–H groups in total. The second kappa shape index (κ2) is 8.58. The molecule has 1 aliphatic rings. The third-order valence-electron chi connectivity index (χ3n) is 5.06. The maximum atomic E-state index is 13.4. The van der Waals surface area contributed by atoms with Crippen LogP contribution in [0.1, 0.15) is 44.6 Å². The average molecular weight is 518 g/mol. The predicted octanol–water partition coefficient (Wildman–Crippen LogP) is 5.07. The molecule has 2 heterocycles. The van der Waals surface area contributed by atoms with Crippen LogP contribution in [0.5, 0.6) is 0 Å². The number of carbonyl (C=O) groups excluding carboxylic acids is 2. The number of amides is 2. The first-order valence-electron chi connectivity index (χ1n) is 9.37. The number of hydrogen-bond donors (Lipinski definition) is 3. The van der Waals surface area contributed by atoms with Crippen molar-refractivity contribution >= 4 is 40.9 Å². The number of anilines is 1. The summed E-state index contributed by atoms with van der Waals surface area (Å²) in [6, 6.07) is 5.24. The number of carbonyl (C=O) groups is 2. The number of rotatable bonds is 3. The molecule has 4 rings (SSSR count). The molecule has 0 radical (unpaired) electrons. The van der Waals surface area contributed by atoms with Crippen LogP contribution in [0.2, 0.25) is 0 Å². The van der Waals surface area contributed by atoms with Crippen molar-refractivity contribution in [3.8, 4) is 0 Å². The first-order chi connectivity index (χ1) is 15.8. The molecular formula is C20H12F6N4O2S2. The summed E-state index contributed by atoms with van der Waals surface area (Å²) in [6.07, 6.45) is -10.2. The maximum Gasteiger partial charge on any atom is 0.416 e. The molecule has 2 amide bonds. The number of hydrogen-bond acceptors (Lipinski definition) is 6. The maximum absolute atomic E-state index is 13.4. The summed E-state index contributed by atoms with van der Waals surface area (Å²) in [5.41, 5.74) is -3.46. The van der Waals surface area contributed by atoms with Crippen molar-refractivity contribution in [2.75, 3.05) is 5.32 Å². The quantitative estimate of drug-likeness (QED) is 0.257. The molecule has 2 aromatic carbocycles. The Morgan fingerprint density at radius 3 is 2.18 bits per heavy atom. The molecule has 3 aromatic rings. The number of nitrogens with one attached hydrogen (secondary N) is 2. The highest BCUT2D eigenvalue weighted by atomic mass is 32.2. The van der Waals surface area contributed by atoms with Crippen LogP contribution in [-0.4, -0.2) is 22.0 Å². The van der Waals surface area contributed by atoms with E-state index in [1.807, 2.05) is 0 Å². The molecule has 0 aliphatic carbocycles. The van der Waals surface area contributed by atoms with Crippen molar-refractivity contribution < 1.29 is 35.9 Å². The van der Waals surface area contributed by atoms with Gasteiger partial charge in [-0.2, -0.15) is 26.3 Å². The summed E-state index contributed by atoms with van der Waals surface area (Å²) in [5, 5.41) is 12.2. The molecule has 34 heavy (non-hydrogen) atoms. The first kappa shape index (κ1) is 24.0. The highest BCUT2D eigenvalue weighted by molar-refractivity contribution is 7.82. The lowest BCUT2D eigenvalue weighted by Gasteiger charge is -2.34. The topological polar surface area (TPSA) is 84.0 Å². The number of nitrogens with zero attached hydrogens (tertiary/aromatic N) is 2. The van der Waals surface area contributed by atoms with Crippen molar-refractivity contribution in [1.29, 1.82) is 0 Å². The minimum atomic E-state index is -5.10. The SMILES string of the molecule is O=C1NC(c2cc(C(F)(F)F)cc(C(F)(F)F)c2)C(C(=O)Nc2nnc(S)s2)c2ccccc21. The van der Waals surface area contributed by atoms with E-state index in [1.54, 1.807) is 0 Å². The minimum absolute atomic E-state index is 0.0168. The highest BCUT2D eigenvalue weighted by Gasteiger charge is 2.42. The van der Waals surface area contributed by atoms with Crippen LogP contribution in [0.15, 0.2) is 46.8 Å². The van der Waals surface area contributed by atoms with Crippen LogP contribution in [0.3, 0.4) is 0 Å². The van der Waals surface area contributed by atoms with Crippen LogP contribution in [0, 0.1) is 0 Å². The molecule has 178 valence electrons. The Labute approximate surface area is 196 Å². The Kier molecular flexibility index (Phi) is 6.06. The Bertz CT molecular complexity index is 1240. The van der Waals surface area contributed by atoms with Crippen LogP contribution in [-0.2, 0) is 17.1 Å². The molecule has 0 saturated heterocycles. The average Bonchev–Trinajstić information content (AvgIpc) is 3.16. The smallest absolute Gasteiger partial charge is 0.344 e. The first-order valence-corrected chi connectivity index (χ1v) is 10.6. The van der Waals surface area contributed by atoms with Crippen LogP contribution in [0.4, 0.5) is 31.5 Å². The van der Waals surface area contributed by atoms with Gasteiger partial charge in [0.05, 0.1) is 23.1 Å². The van der Waals surface area contributed by atoms with Crippen molar-refractivity contribution in [3.05, 3.63) is 70.3 Å². The Morgan fingerprint density at radius 2 is 1.62 bits per heavy atom. The van der Waals surface area contributed by atoms with Gasteiger partial charge in [-0.1, -0.05) is 29.5 Å². The van der Waals surface area contributed by atoms with Gasteiger partial charge in [-0.3, -0.25) is 14.9 Å². The standard InChI is InChI=1S/C20H12F6N4O2S2/c21-19(22,23)9-5-8(6-10(7-9)20(24,25)26)14-13(16(32)28-17-29-30-18(33)34-17)11-3-1-2-4-12(11)15(31)27-14/h1-7,13-14H,(H,27,31)(H,30,33)(H,28,29,32). The highest BCUT2D eigenvalue weighted by Crippen LogP contribution is 2.42. The fourth-order valence-corrected chi connectivity index (χ4v) is 4.42. The number of halogens is 6. The number of fused-ring (bicyclic) bond motifs is 1. The van der Waals surface area contributed by atoms with Gasteiger partial charge in [-0.15, -0.1) is 22.8 Å². The molecular weight excluding hydrogens is 506 g/mol. The summed E-state index contributed by atoms with van der Waals surface area (Å²) in [5.74, 6) is -2.93. The van der Waals surface area contributed by atoms with Crippen molar-refractivity contribution in [3.63, 3.8) is 0 Å². The molecule has 0 bridgehead atoms. The van der Waals surface area contributed by atoms with Gasteiger partial charge in [0.1, 0.15) is 0 Å². The number of benzene rings is 2. The number of alkyl halides is 6. The van der Waals surface area contributed by atoms with Gasteiger partial charge >= 0.3 is 12.4 Å². The number of aromatic nitrogens is 2. The third-order valence-corrected chi connectivity index (χ3v) is 6.06. The minimum Gasteiger partial charge on any atom is -0.344 e. The summed E-state index contributed by atoms with van der Waals surface area (Å²) in [7, 11) is 0. The van der Waals surface area contributed by atoms with Gasteiger partial charge in [0.15, 0.2) is 4.34 Å². The Balaban J connectivity index is 1.86. The monoisotopic (exact) mass is 518 g/mol. The van der Waals surface area contributed by atoms with Gasteiger partial charge in [0, 0.05) is 5.56 Å². The Morgan fingerprint density at radius 1 is 1.00 bits per heavy atom. The fraction of sp³-hybridized carbons (Fsp3) is 0.200. The largest absolute Gasteiger partial charge is 0.416 e. The van der Waals surface area contributed by atoms with E-state index in [2.05, 4.69) is 33.5 Å². The van der Waals surface area contributed by atoms with E-state index in [-0.39, 0.29) is 26.7 Å². The molecule has 0 spiro atoms. The molecule has 1 aromatic heterocycles. The summed E-state index contributed by atoms with van der Waals surface area (Å²) in [4.78, 5) is 25.8. The van der Waals surface area contributed by atoms with E-state index in [4.69, 9.17) is 0 Å². The van der Waals surface area contributed by atoms with E-state index >= 15 is 0 Å². The van der Waals surface area contributed by atoms with E-state index in [9.17, 15) is 35.9 Å². The zero-order chi connectivity index (χ0) is 24.8. The molecule has 2 atom stereocenters. The lowest BCUT2D eigenvalue weighted by atomic mass is 9.80. The summed E-state index contributed by atoms with van der Waals surface area (Å²) < 4.78 is 80.7. The van der Waals surface area contributed by atoms with E-state index in [1.165, 1.54) is 24.3 Å². The van der Waals surface area contributed by atoms with Crippen molar-refractivity contribution in [1.82, 2.24) is 15.5 Å². The predicted molar refractivity (Wildman–Crippen MR) is 112 cm³/mol. The van der Waals surface area contributed by atoms with Crippen LogP contribution >= 0.6 is 24.0 Å². The van der Waals surface area contributed by atoms with E-state index < -0.39 is 52.8 Å². The lowest BCUT2D eigenvalue weighted by molar-refractivity contribution is -0.143. The molecule has 6 nitrogen and oxygen atoms in total. The van der Waals surface area contributed by atoms with Gasteiger partial charge in [-0.05, 0) is 35.4 Å².